The fourth-order valence-electron chi connectivity index (χ4n) is 7.75. The van der Waals surface area contributed by atoms with Gasteiger partial charge in [0.1, 0.15) is 11.3 Å². The first-order valence-electron chi connectivity index (χ1n) is 18.4. The van der Waals surface area contributed by atoms with Gasteiger partial charge in [0, 0.05) is 27.7 Å². The van der Waals surface area contributed by atoms with Crippen molar-refractivity contribution in [2.75, 3.05) is 4.90 Å². The van der Waals surface area contributed by atoms with Crippen molar-refractivity contribution >= 4 is 49.6 Å². The number of rotatable bonds is 7. The lowest BCUT2D eigenvalue weighted by Crippen LogP contribution is -2.10. The highest BCUT2D eigenvalue weighted by Crippen LogP contribution is 2.43. The van der Waals surface area contributed by atoms with Gasteiger partial charge in [-0.15, -0.1) is 0 Å². The van der Waals surface area contributed by atoms with Crippen LogP contribution < -0.4 is 4.90 Å². The summed E-state index contributed by atoms with van der Waals surface area (Å²) in [4.78, 5) is 2.40. The van der Waals surface area contributed by atoms with E-state index in [0.717, 1.165) is 44.9 Å². The summed E-state index contributed by atoms with van der Waals surface area (Å²) in [5.74, 6) is 0.872. The quantitative estimate of drug-likeness (QED) is 0.166. The third-order valence-electron chi connectivity index (χ3n) is 10.4. The molecule has 2 heteroatoms. The molecular weight excluding hydrogens is 655 g/mol. The van der Waals surface area contributed by atoms with Gasteiger partial charge in [0.15, 0.2) is 0 Å². The molecule has 10 aromatic rings. The van der Waals surface area contributed by atoms with E-state index in [-0.39, 0.29) is 0 Å². The van der Waals surface area contributed by atoms with E-state index < -0.39 is 0 Å². The van der Waals surface area contributed by atoms with Crippen LogP contribution in [0.15, 0.2) is 217 Å². The molecule has 0 amide bonds. The smallest absolute Gasteiger partial charge is 0.135 e. The van der Waals surface area contributed by atoms with Crippen LogP contribution in [0.1, 0.15) is 0 Å². The minimum absolute atomic E-state index is 0.872. The average molecular weight is 690 g/mol. The molecule has 254 valence electrons. The lowest BCUT2D eigenvalue weighted by molar-refractivity contribution is 0.631. The standard InChI is InChI=1S/C52H35NO/c1-2-12-36(13-3-1)39-17-10-18-40(32-39)38-24-27-45(28-25-38)53(46-29-26-37-14-4-5-15-41(37)34-46)50-31-30-47(48-21-7-8-22-49(48)50)42-19-11-20-43(33-42)52-35-44-16-6-9-23-51(44)54-52/h1-35H. The molecule has 54 heavy (non-hydrogen) atoms. The summed E-state index contributed by atoms with van der Waals surface area (Å²) in [6, 6.07) is 76.0. The Morgan fingerprint density at radius 2 is 0.907 bits per heavy atom. The Morgan fingerprint density at radius 3 is 1.70 bits per heavy atom. The van der Waals surface area contributed by atoms with Gasteiger partial charge in [-0.3, -0.25) is 0 Å². The molecule has 0 aliphatic rings. The number of hydrogen-bond donors (Lipinski definition) is 0. The Labute approximate surface area is 314 Å². The molecule has 1 aromatic heterocycles. The minimum Gasteiger partial charge on any atom is -0.456 e. The fraction of sp³-hybridized carbons (Fsp3) is 0. The topological polar surface area (TPSA) is 16.4 Å². The zero-order valence-corrected chi connectivity index (χ0v) is 29.6. The molecule has 0 spiro atoms. The maximum atomic E-state index is 6.27. The first-order valence-corrected chi connectivity index (χ1v) is 18.4. The number of anilines is 3. The summed E-state index contributed by atoms with van der Waals surface area (Å²) >= 11 is 0. The fourth-order valence-corrected chi connectivity index (χ4v) is 7.75. The molecule has 0 bridgehead atoms. The molecule has 9 aromatic carbocycles. The summed E-state index contributed by atoms with van der Waals surface area (Å²) in [6.45, 7) is 0. The van der Waals surface area contributed by atoms with Crippen LogP contribution in [-0.2, 0) is 0 Å². The summed E-state index contributed by atoms with van der Waals surface area (Å²) in [5, 5.41) is 5.90. The van der Waals surface area contributed by atoms with E-state index in [2.05, 4.69) is 199 Å². The van der Waals surface area contributed by atoms with E-state index in [9.17, 15) is 0 Å². The van der Waals surface area contributed by atoms with Gasteiger partial charge in [0.05, 0.1) is 5.69 Å². The third kappa shape index (κ3) is 5.81. The number of nitrogens with zero attached hydrogens (tertiary/aromatic N) is 1. The molecule has 0 radical (unpaired) electrons. The number of furan rings is 1. The zero-order valence-electron chi connectivity index (χ0n) is 29.6. The van der Waals surface area contributed by atoms with E-state index in [1.165, 1.54) is 49.4 Å². The largest absolute Gasteiger partial charge is 0.456 e. The molecule has 0 aliphatic carbocycles. The maximum Gasteiger partial charge on any atom is 0.135 e. The highest BCUT2D eigenvalue weighted by molar-refractivity contribution is 6.07. The predicted molar refractivity (Wildman–Crippen MR) is 228 cm³/mol. The van der Waals surface area contributed by atoms with E-state index in [1.807, 2.05) is 18.2 Å². The number of benzene rings is 9. The second-order valence-electron chi connectivity index (χ2n) is 13.8. The van der Waals surface area contributed by atoms with Crippen molar-refractivity contribution in [2.45, 2.75) is 0 Å². The highest BCUT2D eigenvalue weighted by Gasteiger charge is 2.19. The molecule has 0 saturated heterocycles. The summed E-state index contributed by atoms with van der Waals surface area (Å²) in [6.07, 6.45) is 0. The Kier molecular flexibility index (Phi) is 7.85. The Balaban J connectivity index is 1.09. The SMILES string of the molecule is c1ccc(-c2cccc(-c3ccc(N(c4ccc5ccccc5c4)c4ccc(-c5cccc(-c6cc7ccccc7o6)c5)c5ccccc45)cc3)c2)cc1. The van der Waals surface area contributed by atoms with Gasteiger partial charge in [0.25, 0.3) is 0 Å². The highest BCUT2D eigenvalue weighted by atomic mass is 16.3. The Morgan fingerprint density at radius 1 is 0.315 bits per heavy atom. The molecule has 2 nitrogen and oxygen atoms in total. The third-order valence-corrected chi connectivity index (χ3v) is 10.4. The van der Waals surface area contributed by atoms with Crippen LogP contribution in [0, 0.1) is 0 Å². The second kappa shape index (κ2) is 13.4. The molecular formula is C52H35NO. The molecule has 0 fully saturated rings. The average Bonchev–Trinajstić information content (AvgIpc) is 3.69. The van der Waals surface area contributed by atoms with Crippen molar-refractivity contribution in [1.29, 1.82) is 0 Å². The molecule has 0 saturated carbocycles. The first-order chi connectivity index (χ1) is 26.7. The molecule has 10 rings (SSSR count). The van der Waals surface area contributed by atoms with Gasteiger partial charge < -0.3 is 9.32 Å². The zero-order chi connectivity index (χ0) is 35.8. The van der Waals surface area contributed by atoms with Gasteiger partial charge in [-0.25, -0.2) is 0 Å². The molecule has 0 aliphatic heterocycles. The minimum atomic E-state index is 0.872. The van der Waals surface area contributed by atoms with Crippen LogP contribution in [-0.4, -0.2) is 0 Å². The van der Waals surface area contributed by atoms with Gasteiger partial charge in [-0.2, -0.15) is 0 Å². The van der Waals surface area contributed by atoms with Crippen LogP contribution in [0.3, 0.4) is 0 Å². The van der Waals surface area contributed by atoms with E-state index in [0.29, 0.717) is 0 Å². The Hall–Kier alpha value is -7.16. The lowest BCUT2D eigenvalue weighted by atomic mass is 9.94. The lowest BCUT2D eigenvalue weighted by Gasteiger charge is -2.28. The van der Waals surface area contributed by atoms with E-state index in [4.69, 9.17) is 4.42 Å². The van der Waals surface area contributed by atoms with Crippen LogP contribution in [0.25, 0.3) is 77.2 Å². The van der Waals surface area contributed by atoms with Crippen LogP contribution >= 0.6 is 0 Å². The van der Waals surface area contributed by atoms with Crippen molar-refractivity contribution < 1.29 is 4.42 Å². The Bertz CT molecular complexity index is 2910. The molecule has 0 N–H and O–H groups in total. The molecule has 0 unspecified atom stereocenters. The molecule has 1 heterocycles. The van der Waals surface area contributed by atoms with Crippen molar-refractivity contribution in [1.82, 2.24) is 0 Å². The van der Waals surface area contributed by atoms with Gasteiger partial charge >= 0.3 is 0 Å². The monoisotopic (exact) mass is 689 g/mol. The van der Waals surface area contributed by atoms with E-state index in [1.54, 1.807) is 0 Å². The van der Waals surface area contributed by atoms with Crippen molar-refractivity contribution in [2.24, 2.45) is 0 Å². The predicted octanol–water partition coefficient (Wildman–Crippen LogP) is 14.9. The second-order valence-corrected chi connectivity index (χ2v) is 13.8. The summed E-state index contributed by atoms with van der Waals surface area (Å²) in [5.41, 5.74) is 12.4. The maximum absolute atomic E-state index is 6.27. The summed E-state index contributed by atoms with van der Waals surface area (Å²) < 4.78 is 6.27. The van der Waals surface area contributed by atoms with Crippen LogP contribution in [0.5, 0.6) is 0 Å². The van der Waals surface area contributed by atoms with Crippen LogP contribution in [0.2, 0.25) is 0 Å². The van der Waals surface area contributed by atoms with Gasteiger partial charge in [-0.05, 0) is 104 Å². The number of hydrogen-bond acceptors (Lipinski definition) is 2. The summed E-state index contributed by atoms with van der Waals surface area (Å²) in [7, 11) is 0. The van der Waals surface area contributed by atoms with Crippen molar-refractivity contribution in [3.63, 3.8) is 0 Å². The van der Waals surface area contributed by atoms with Gasteiger partial charge in [0.2, 0.25) is 0 Å². The van der Waals surface area contributed by atoms with Crippen molar-refractivity contribution in [3.8, 4) is 44.7 Å². The van der Waals surface area contributed by atoms with Gasteiger partial charge in [-0.1, -0.05) is 158 Å². The number of fused-ring (bicyclic) bond motifs is 3. The molecule has 0 atom stereocenters. The van der Waals surface area contributed by atoms with Crippen molar-refractivity contribution in [3.05, 3.63) is 212 Å². The first kappa shape index (κ1) is 31.6. The van der Waals surface area contributed by atoms with Crippen LogP contribution in [0.4, 0.5) is 17.1 Å². The number of para-hydroxylation sites is 1. The van der Waals surface area contributed by atoms with E-state index >= 15 is 0 Å². The normalized spacial score (nSPS) is 11.3.